The Kier molecular flexibility index (Phi) is 6.44. The number of aromatic nitrogens is 2. The number of carbonyl (C=O) groups is 1. The molecule has 2 aromatic carbocycles. The summed E-state index contributed by atoms with van der Waals surface area (Å²) < 4.78 is 16.2. The van der Waals surface area contributed by atoms with E-state index in [0.717, 1.165) is 18.4 Å². The first kappa shape index (κ1) is 21.9. The molecule has 1 amide bonds. The molecule has 7 nitrogen and oxygen atoms in total. The van der Waals surface area contributed by atoms with Gasteiger partial charge in [-0.2, -0.15) is 4.98 Å². The van der Waals surface area contributed by atoms with Gasteiger partial charge in [0.1, 0.15) is 0 Å². The van der Waals surface area contributed by atoms with Gasteiger partial charge in [-0.15, -0.1) is 0 Å². The first-order chi connectivity index (χ1) is 15.5. The number of ether oxygens (including phenoxy) is 2. The lowest BCUT2D eigenvalue weighted by Gasteiger charge is -2.31. The van der Waals surface area contributed by atoms with E-state index < -0.39 is 0 Å². The fraction of sp³-hybridized carbons (Fsp3) is 0.400. The first-order valence-corrected chi connectivity index (χ1v) is 11.0. The van der Waals surface area contributed by atoms with Crippen molar-refractivity contribution >= 4 is 5.91 Å². The van der Waals surface area contributed by atoms with Gasteiger partial charge in [0, 0.05) is 24.2 Å². The molecule has 0 N–H and O–H groups in total. The summed E-state index contributed by atoms with van der Waals surface area (Å²) in [6.07, 6.45) is 1.79. The van der Waals surface area contributed by atoms with Crippen molar-refractivity contribution in [3.05, 3.63) is 59.5 Å². The second kappa shape index (κ2) is 9.42. The van der Waals surface area contributed by atoms with E-state index in [2.05, 4.69) is 36.1 Å². The van der Waals surface area contributed by atoms with Crippen LogP contribution >= 0.6 is 0 Å². The molecule has 1 fully saturated rings. The molecule has 168 valence electrons. The van der Waals surface area contributed by atoms with Gasteiger partial charge in [0.05, 0.1) is 20.1 Å². The highest BCUT2D eigenvalue weighted by atomic mass is 16.5. The molecule has 1 atom stereocenters. The lowest BCUT2D eigenvalue weighted by atomic mass is 9.97. The number of benzene rings is 2. The summed E-state index contributed by atoms with van der Waals surface area (Å²) in [5, 5.41) is 4.19. The van der Waals surface area contributed by atoms with E-state index in [-0.39, 0.29) is 11.8 Å². The summed E-state index contributed by atoms with van der Waals surface area (Å²) in [6.45, 7) is 5.57. The number of nitrogens with zero attached hydrogens (tertiary/aromatic N) is 3. The van der Waals surface area contributed by atoms with Crippen LogP contribution in [-0.4, -0.2) is 48.3 Å². The van der Waals surface area contributed by atoms with Gasteiger partial charge in [-0.05, 0) is 42.5 Å². The molecule has 32 heavy (non-hydrogen) atoms. The minimum Gasteiger partial charge on any atom is -0.493 e. The van der Waals surface area contributed by atoms with Crippen LogP contribution in [0, 0.1) is 0 Å². The summed E-state index contributed by atoms with van der Waals surface area (Å²) in [7, 11) is 3.14. The fourth-order valence-electron chi connectivity index (χ4n) is 4.05. The van der Waals surface area contributed by atoms with E-state index in [1.54, 1.807) is 32.4 Å². The molecule has 0 spiro atoms. The van der Waals surface area contributed by atoms with E-state index in [9.17, 15) is 4.79 Å². The van der Waals surface area contributed by atoms with Crippen LogP contribution in [-0.2, 0) is 0 Å². The highest BCUT2D eigenvalue weighted by Crippen LogP contribution is 2.31. The maximum absolute atomic E-state index is 13.1. The molecule has 0 bridgehead atoms. The summed E-state index contributed by atoms with van der Waals surface area (Å²) in [4.78, 5) is 19.6. The molecule has 3 aromatic rings. The SMILES string of the molecule is COc1ccc(C(=O)N2CCCC(c3nc(-c4ccc(C(C)C)cc4)no3)C2)cc1OC. The van der Waals surface area contributed by atoms with E-state index in [1.807, 2.05) is 17.0 Å². The van der Waals surface area contributed by atoms with Crippen LogP contribution in [0.2, 0.25) is 0 Å². The Bertz CT molecular complexity index is 1080. The monoisotopic (exact) mass is 435 g/mol. The second-order valence-corrected chi connectivity index (χ2v) is 8.39. The van der Waals surface area contributed by atoms with Gasteiger partial charge in [0.15, 0.2) is 11.5 Å². The quantitative estimate of drug-likeness (QED) is 0.548. The van der Waals surface area contributed by atoms with E-state index in [1.165, 1.54) is 5.56 Å². The average Bonchev–Trinajstić information content (AvgIpc) is 3.33. The molecule has 0 aliphatic carbocycles. The maximum atomic E-state index is 13.1. The minimum absolute atomic E-state index is 0.0176. The third-order valence-electron chi connectivity index (χ3n) is 5.97. The summed E-state index contributed by atoms with van der Waals surface area (Å²) in [6, 6.07) is 13.5. The molecule has 1 unspecified atom stereocenters. The fourth-order valence-corrected chi connectivity index (χ4v) is 4.05. The van der Waals surface area contributed by atoms with Crippen molar-refractivity contribution in [3.63, 3.8) is 0 Å². The number of amides is 1. The van der Waals surface area contributed by atoms with Crippen LogP contribution in [0.15, 0.2) is 47.0 Å². The Hall–Kier alpha value is -3.35. The number of hydrogen-bond donors (Lipinski definition) is 0. The molecule has 2 heterocycles. The Morgan fingerprint density at radius 2 is 1.84 bits per heavy atom. The minimum atomic E-state index is -0.0420. The third kappa shape index (κ3) is 4.47. The van der Waals surface area contributed by atoms with Crippen LogP contribution in [0.25, 0.3) is 11.4 Å². The lowest BCUT2D eigenvalue weighted by Crippen LogP contribution is -2.39. The average molecular weight is 436 g/mol. The zero-order valence-corrected chi connectivity index (χ0v) is 19.0. The number of rotatable bonds is 6. The summed E-state index contributed by atoms with van der Waals surface area (Å²) in [5.74, 6) is 2.75. The van der Waals surface area contributed by atoms with Crippen LogP contribution in [0.4, 0.5) is 0 Å². The predicted octanol–water partition coefficient (Wildman–Crippen LogP) is 4.90. The predicted molar refractivity (Wildman–Crippen MR) is 121 cm³/mol. The van der Waals surface area contributed by atoms with Crippen molar-refractivity contribution in [2.75, 3.05) is 27.3 Å². The topological polar surface area (TPSA) is 77.7 Å². The van der Waals surface area contributed by atoms with Crippen molar-refractivity contribution in [3.8, 4) is 22.9 Å². The molecular weight excluding hydrogens is 406 g/mol. The standard InChI is InChI=1S/C25H29N3O4/c1-16(2)17-7-9-18(10-8-17)23-26-24(32-27-23)20-6-5-13-28(15-20)25(29)19-11-12-21(30-3)22(14-19)31-4/h7-12,14,16,20H,5-6,13,15H2,1-4H3. The van der Waals surface area contributed by atoms with Gasteiger partial charge in [-0.1, -0.05) is 43.3 Å². The van der Waals surface area contributed by atoms with Crippen molar-refractivity contribution in [2.24, 2.45) is 0 Å². The largest absolute Gasteiger partial charge is 0.493 e. The van der Waals surface area contributed by atoms with Gasteiger partial charge in [-0.3, -0.25) is 4.79 Å². The molecule has 0 saturated carbocycles. The highest BCUT2D eigenvalue weighted by molar-refractivity contribution is 5.95. The number of methoxy groups -OCH3 is 2. The molecule has 1 saturated heterocycles. The van der Waals surface area contributed by atoms with Crippen molar-refractivity contribution in [2.45, 2.75) is 38.5 Å². The second-order valence-electron chi connectivity index (χ2n) is 8.39. The molecule has 1 aliphatic heterocycles. The van der Waals surface area contributed by atoms with Crippen LogP contribution in [0.5, 0.6) is 11.5 Å². The van der Waals surface area contributed by atoms with Gasteiger partial charge in [0.2, 0.25) is 11.7 Å². The smallest absolute Gasteiger partial charge is 0.254 e. The van der Waals surface area contributed by atoms with Crippen molar-refractivity contribution in [1.29, 1.82) is 0 Å². The molecule has 4 rings (SSSR count). The van der Waals surface area contributed by atoms with E-state index in [0.29, 0.717) is 47.8 Å². The zero-order chi connectivity index (χ0) is 22.7. The molecule has 1 aromatic heterocycles. The van der Waals surface area contributed by atoms with Crippen molar-refractivity contribution in [1.82, 2.24) is 15.0 Å². The Balaban J connectivity index is 1.48. The number of piperidine rings is 1. The maximum Gasteiger partial charge on any atom is 0.254 e. The van der Waals surface area contributed by atoms with E-state index in [4.69, 9.17) is 14.0 Å². The number of likely N-dealkylation sites (tertiary alicyclic amines) is 1. The highest BCUT2D eigenvalue weighted by Gasteiger charge is 2.29. The zero-order valence-electron chi connectivity index (χ0n) is 19.0. The summed E-state index contributed by atoms with van der Waals surface area (Å²) >= 11 is 0. The third-order valence-corrected chi connectivity index (χ3v) is 5.97. The molecule has 7 heteroatoms. The van der Waals surface area contributed by atoms with E-state index >= 15 is 0 Å². The first-order valence-electron chi connectivity index (χ1n) is 11.0. The molecule has 1 aliphatic rings. The Morgan fingerprint density at radius 1 is 1.09 bits per heavy atom. The van der Waals surface area contributed by atoms with Crippen LogP contribution in [0.1, 0.15) is 60.3 Å². The lowest BCUT2D eigenvalue weighted by molar-refractivity contribution is 0.0695. The Morgan fingerprint density at radius 3 is 2.53 bits per heavy atom. The van der Waals surface area contributed by atoms with Crippen molar-refractivity contribution < 1.29 is 18.8 Å². The van der Waals surface area contributed by atoms with Gasteiger partial charge >= 0.3 is 0 Å². The number of carbonyl (C=O) groups excluding carboxylic acids is 1. The van der Waals surface area contributed by atoms with Crippen LogP contribution in [0.3, 0.4) is 0 Å². The van der Waals surface area contributed by atoms with Gasteiger partial charge < -0.3 is 18.9 Å². The van der Waals surface area contributed by atoms with Crippen LogP contribution < -0.4 is 9.47 Å². The summed E-state index contributed by atoms with van der Waals surface area (Å²) in [5.41, 5.74) is 2.77. The normalized spacial score (nSPS) is 16.3. The number of hydrogen-bond acceptors (Lipinski definition) is 6. The van der Waals surface area contributed by atoms with Gasteiger partial charge in [0.25, 0.3) is 5.91 Å². The Labute approximate surface area is 188 Å². The molecule has 0 radical (unpaired) electrons. The molecular formula is C25H29N3O4. The van der Waals surface area contributed by atoms with Gasteiger partial charge in [-0.25, -0.2) is 0 Å².